The number of hydrogen-bond acceptors (Lipinski definition) is 6. The summed E-state index contributed by atoms with van der Waals surface area (Å²) >= 11 is 1.48. The van der Waals surface area contributed by atoms with Crippen LogP contribution in [0, 0.1) is 5.82 Å². The Kier molecular flexibility index (Phi) is 6.18. The van der Waals surface area contributed by atoms with E-state index in [1.54, 1.807) is 23.1 Å². The average Bonchev–Trinajstić information content (AvgIpc) is 3.43. The molecule has 1 aliphatic carbocycles. The highest BCUT2D eigenvalue weighted by molar-refractivity contribution is 7.99. The maximum Gasteiger partial charge on any atom is 0.234 e. The van der Waals surface area contributed by atoms with Crippen LogP contribution in [0.5, 0.6) is 0 Å². The number of halogens is 1. The summed E-state index contributed by atoms with van der Waals surface area (Å²) in [7, 11) is 0. The van der Waals surface area contributed by atoms with Crippen LogP contribution in [0.2, 0.25) is 0 Å². The van der Waals surface area contributed by atoms with Gasteiger partial charge in [0, 0.05) is 6.20 Å². The second-order valence-corrected chi connectivity index (χ2v) is 8.06. The highest BCUT2D eigenvalue weighted by atomic mass is 32.2. The second-order valence-electron chi connectivity index (χ2n) is 7.08. The van der Waals surface area contributed by atoms with E-state index in [1.165, 1.54) is 36.7 Å². The Balaban J connectivity index is 1.24. The lowest BCUT2D eigenvalue weighted by atomic mass is 10.2. The number of tetrazole rings is 1. The van der Waals surface area contributed by atoms with E-state index in [4.69, 9.17) is 0 Å². The molecule has 0 unspecified atom stereocenters. The van der Waals surface area contributed by atoms with Gasteiger partial charge in [0.15, 0.2) is 5.82 Å². The summed E-state index contributed by atoms with van der Waals surface area (Å²) in [4.78, 5) is 12.2. The van der Waals surface area contributed by atoms with Gasteiger partial charge in [-0.1, -0.05) is 25.0 Å². The lowest BCUT2D eigenvalue weighted by Crippen LogP contribution is -2.15. The number of thioether (sulfide) groups is 1. The molecule has 1 aromatic carbocycles. The average molecular weight is 415 g/mol. The number of hydrogen-bond donors (Lipinski definition) is 1. The van der Waals surface area contributed by atoms with Gasteiger partial charge >= 0.3 is 0 Å². The summed E-state index contributed by atoms with van der Waals surface area (Å²) in [6.45, 7) is 0.437. The van der Waals surface area contributed by atoms with E-state index in [9.17, 15) is 9.18 Å². The van der Waals surface area contributed by atoms with E-state index in [2.05, 4.69) is 25.9 Å². The molecular formula is C19H22FN7OS. The fourth-order valence-electron chi connectivity index (χ4n) is 3.51. The molecule has 0 aliphatic heterocycles. The van der Waals surface area contributed by atoms with Crippen molar-refractivity contribution in [3.05, 3.63) is 53.9 Å². The van der Waals surface area contributed by atoms with Crippen molar-refractivity contribution >= 4 is 23.4 Å². The molecule has 1 saturated carbocycles. The number of anilines is 1. The third kappa shape index (κ3) is 5.20. The molecule has 29 heavy (non-hydrogen) atoms. The molecule has 0 spiro atoms. The van der Waals surface area contributed by atoms with Gasteiger partial charge in [-0.05, 0) is 41.0 Å². The summed E-state index contributed by atoms with van der Waals surface area (Å²) in [6.07, 6.45) is 7.97. The molecule has 3 aromatic rings. The van der Waals surface area contributed by atoms with E-state index in [0.29, 0.717) is 29.8 Å². The Labute approximate surface area is 171 Å². The van der Waals surface area contributed by atoms with Crippen molar-refractivity contribution in [2.24, 2.45) is 0 Å². The van der Waals surface area contributed by atoms with Crippen molar-refractivity contribution in [3.63, 3.8) is 0 Å². The van der Waals surface area contributed by atoms with Gasteiger partial charge in [-0.3, -0.25) is 9.48 Å². The summed E-state index contributed by atoms with van der Waals surface area (Å²) in [5.41, 5.74) is 1.42. The van der Waals surface area contributed by atoms with Crippen LogP contribution in [-0.2, 0) is 17.1 Å². The summed E-state index contributed by atoms with van der Waals surface area (Å²) in [6, 6.07) is 6.76. The number of rotatable bonds is 8. The first-order valence-electron chi connectivity index (χ1n) is 9.58. The monoisotopic (exact) mass is 415 g/mol. The van der Waals surface area contributed by atoms with Crippen molar-refractivity contribution in [1.82, 2.24) is 30.0 Å². The Morgan fingerprint density at radius 2 is 2.17 bits per heavy atom. The van der Waals surface area contributed by atoms with Gasteiger partial charge in [-0.2, -0.15) is 5.10 Å². The largest absolute Gasteiger partial charge is 0.323 e. The van der Waals surface area contributed by atoms with Gasteiger partial charge < -0.3 is 5.32 Å². The molecule has 8 nitrogen and oxygen atoms in total. The zero-order valence-electron chi connectivity index (χ0n) is 15.9. The third-order valence-electron chi connectivity index (χ3n) is 4.85. The van der Waals surface area contributed by atoms with Crippen molar-refractivity contribution in [2.75, 3.05) is 11.1 Å². The van der Waals surface area contributed by atoms with E-state index < -0.39 is 0 Å². The molecule has 0 saturated heterocycles. The minimum Gasteiger partial charge on any atom is -0.323 e. The van der Waals surface area contributed by atoms with Gasteiger partial charge in [0.1, 0.15) is 5.82 Å². The summed E-state index contributed by atoms with van der Waals surface area (Å²) in [5, 5.41) is 19.1. The topological polar surface area (TPSA) is 90.5 Å². The van der Waals surface area contributed by atoms with Crippen molar-refractivity contribution in [1.29, 1.82) is 0 Å². The first-order chi connectivity index (χ1) is 14.2. The number of carbonyl (C=O) groups is 1. The van der Waals surface area contributed by atoms with Crippen LogP contribution in [-0.4, -0.2) is 41.6 Å². The van der Waals surface area contributed by atoms with Crippen LogP contribution < -0.4 is 5.32 Å². The minimum atomic E-state index is -0.279. The molecule has 1 N–H and O–H groups in total. The molecular weight excluding hydrogens is 393 g/mol. The Hall–Kier alpha value is -2.75. The van der Waals surface area contributed by atoms with Gasteiger partial charge in [0.2, 0.25) is 5.91 Å². The molecule has 0 atom stereocenters. The molecule has 0 bridgehead atoms. The van der Waals surface area contributed by atoms with Crippen molar-refractivity contribution in [2.45, 2.75) is 44.0 Å². The zero-order valence-corrected chi connectivity index (χ0v) is 16.7. The van der Waals surface area contributed by atoms with E-state index in [1.807, 2.05) is 10.7 Å². The normalized spacial score (nSPS) is 14.4. The maximum atomic E-state index is 13.3. The molecule has 152 valence electrons. The highest BCUT2D eigenvalue weighted by Gasteiger charge is 2.21. The summed E-state index contributed by atoms with van der Waals surface area (Å²) in [5.74, 6) is 1.32. The molecule has 10 heteroatoms. The van der Waals surface area contributed by atoms with Gasteiger partial charge in [0.05, 0.1) is 36.0 Å². The maximum absolute atomic E-state index is 13.3. The number of benzene rings is 1. The first kappa shape index (κ1) is 19.6. The van der Waals surface area contributed by atoms with E-state index in [0.717, 1.165) is 24.2 Å². The minimum absolute atomic E-state index is 0.111. The molecule has 2 heterocycles. The smallest absolute Gasteiger partial charge is 0.234 e. The zero-order chi connectivity index (χ0) is 20.1. The van der Waals surface area contributed by atoms with Crippen molar-refractivity contribution < 1.29 is 9.18 Å². The molecule has 1 amide bonds. The first-order valence-corrected chi connectivity index (χ1v) is 10.7. The fourth-order valence-corrected chi connectivity index (χ4v) is 4.24. The van der Waals surface area contributed by atoms with Crippen molar-refractivity contribution in [3.8, 4) is 0 Å². The molecule has 1 aliphatic rings. The lowest BCUT2D eigenvalue weighted by molar-refractivity contribution is -0.113. The van der Waals surface area contributed by atoms with Crippen LogP contribution in [0.4, 0.5) is 10.1 Å². The number of carbonyl (C=O) groups excluding carboxylic acids is 1. The van der Waals surface area contributed by atoms with Crippen LogP contribution in [0.1, 0.15) is 43.1 Å². The van der Waals surface area contributed by atoms with Gasteiger partial charge in [0.25, 0.3) is 0 Å². The Bertz CT molecular complexity index is 967. The number of nitrogens with one attached hydrogen (secondary N) is 1. The number of amides is 1. The second kappa shape index (κ2) is 9.17. The molecule has 2 aromatic heterocycles. The van der Waals surface area contributed by atoms with Gasteiger partial charge in [-0.25, -0.2) is 9.07 Å². The standard InChI is InChI=1S/C19H22FN7OS/c20-15-5-3-4-14(8-15)10-26-11-16(9-21-26)22-19(28)13-29-12-18-23-24-25-27(18)17-6-1-2-7-17/h3-5,8-9,11,17H,1-2,6-7,10,12-13H2,(H,22,28). The lowest BCUT2D eigenvalue weighted by Gasteiger charge is -2.10. The van der Waals surface area contributed by atoms with Crippen LogP contribution in [0.3, 0.4) is 0 Å². The predicted molar refractivity (Wildman–Crippen MR) is 108 cm³/mol. The fraction of sp³-hybridized carbons (Fsp3) is 0.421. The van der Waals surface area contributed by atoms with Crippen LogP contribution in [0.25, 0.3) is 0 Å². The summed E-state index contributed by atoms with van der Waals surface area (Å²) < 4.78 is 16.8. The Morgan fingerprint density at radius 1 is 1.31 bits per heavy atom. The molecule has 4 rings (SSSR count). The van der Waals surface area contributed by atoms with Crippen LogP contribution >= 0.6 is 11.8 Å². The molecule has 0 radical (unpaired) electrons. The van der Waals surface area contributed by atoms with Gasteiger partial charge in [-0.15, -0.1) is 16.9 Å². The SMILES string of the molecule is O=C(CSCc1nnnn1C1CCCC1)Nc1cnn(Cc2cccc(F)c2)c1. The predicted octanol–water partition coefficient (Wildman–Crippen LogP) is 3.04. The molecule has 1 fully saturated rings. The van der Waals surface area contributed by atoms with E-state index in [-0.39, 0.29) is 11.7 Å². The highest BCUT2D eigenvalue weighted by Crippen LogP contribution is 2.29. The van der Waals surface area contributed by atoms with E-state index >= 15 is 0 Å². The quantitative estimate of drug-likeness (QED) is 0.608. The number of aromatic nitrogens is 6. The Morgan fingerprint density at radius 3 is 3.00 bits per heavy atom. The third-order valence-corrected chi connectivity index (χ3v) is 5.78. The number of nitrogens with zero attached hydrogens (tertiary/aromatic N) is 6. The van der Waals surface area contributed by atoms with Crippen LogP contribution in [0.15, 0.2) is 36.7 Å².